The number of nitrogens with zero attached hydrogens (tertiary/aromatic N) is 2. The number of hydrogen-bond acceptors (Lipinski definition) is 5. The van der Waals surface area contributed by atoms with Gasteiger partial charge >= 0.3 is 0 Å². The summed E-state index contributed by atoms with van der Waals surface area (Å²) in [5, 5.41) is 4.11. The summed E-state index contributed by atoms with van der Waals surface area (Å²) in [6, 6.07) is 0.580. The summed E-state index contributed by atoms with van der Waals surface area (Å²) < 4.78 is 5.42. The Balaban J connectivity index is 2.30. The van der Waals surface area contributed by atoms with Crippen LogP contribution in [0, 0.1) is 0 Å². The van der Waals surface area contributed by atoms with Crippen LogP contribution in [0.2, 0.25) is 0 Å². The molecule has 5 heteroatoms. The second kappa shape index (κ2) is 8.06. The van der Waals surface area contributed by atoms with Crippen molar-refractivity contribution in [2.45, 2.75) is 62.6 Å². The van der Waals surface area contributed by atoms with E-state index in [1.165, 1.54) is 24.4 Å². The molecule has 1 N–H and O–H groups in total. The second-order valence-electron chi connectivity index (χ2n) is 4.35. The maximum absolute atomic E-state index is 4.49. The number of nitrogens with one attached hydrogen (secondary N) is 1. The van der Waals surface area contributed by atoms with Crippen LogP contribution in [0.5, 0.6) is 0 Å². The lowest BCUT2D eigenvalue weighted by molar-refractivity contribution is 0.513. The molecule has 0 bridgehead atoms. The van der Waals surface area contributed by atoms with Gasteiger partial charge in [-0.1, -0.05) is 32.5 Å². The van der Waals surface area contributed by atoms with Crippen LogP contribution in [0.4, 0.5) is 0 Å². The van der Waals surface area contributed by atoms with Crippen molar-refractivity contribution in [3.63, 3.8) is 0 Å². The van der Waals surface area contributed by atoms with Gasteiger partial charge in [-0.25, -0.2) is 4.98 Å². The molecular weight excluding hydrogens is 250 g/mol. The lowest BCUT2D eigenvalue weighted by Crippen LogP contribution is -2.29. The number of thioether (sulfide) groups is 1. The Morgan fingerprint density at radius 1 is 1.35 bits per heavy atom. The van der Waals surface area contributed by atoms with E-state index in [1.54, 1.807) is 0 Å². The normalized spacial score (nSPS) is 14.8. The third kappa shape index (κ3) is 5.84. The molecule has 3 nitrogen and oxygen atoms in total. The zero-order valence-corrected chi connectivity index (χ0v) is 12.8. The SMILES string of the molecule is CCCNC(C)CC(C)Sc1nc(CC)ns1. The Morgan fingerprint density at radius 2 is 2.12 bits per heavy atom. The van der Waals surface area contributed by atoms with Crippen molar-refractivity contribution < 1.29 is 0 Å². The number of rotatable bonds is 8. The summed E-state index contributed by atoms with van der Waals surface area (Å²) in [7, 11) is 0. The van der Waals surface area contributed by atoms with Crippen LogP contribution in [-0.2, 0) is 6.42 Å². The van der Waals surface area contributed by atoms with Crippen LogP contribution >= 0.6 is 23.3 Å². The molecule has 0 saturated carbocycles. The molecule has 1 rings (SSSR count). The smallest absolute Gasteiger partial charge is 0.170 e. The summed E-state index contributed by atoms with van der Waals surface area (Å²) >= 11 is 3.38. The van der Waals surface area contributed by atoms with Crippen molar-refractivity contribution in [3.05, 3.63) is 5.82 Å². The topological polar surface area (TPSA) is 37.8 Å². The molecule has 2 atom stereocenters. The first-order chi connectivity index (χ1) is 8.15. The van der Waals surface area contributed by atoms with E-state index >= 15 is 0 Å². The van der Waals surface area contributed by atoms with Gasteiger partial charge in [0.05, 0.1) is 0 Å². The quantitative estimate of drug-likeness (QED) is 0.737. The van der Waals surface area contributed by atoms with E-state index in [9.17, 15) is 0 Å². The fourth-order valence-electron chi connectivity index (χ4n) is 1.62. The first-order valence-electron chi connectivity index (χ1n) is 6.38. The maximum Gasteiger partial charge on any atom is 0.170 e. The van der Waals surface area contributed by atoms with Crippen LogP contribution in [-0.4, -0.2) is 27.2 Å². The Hall–Kier alpha value is -0.130. The van der Waals surface area contributed by atoms with Crippen molar-refractivity contribution in [2.24, 2.45) is 0 Å². The van der Waals surface area contributed by atoms with E-state index in [0.717, 1.165) is 23.1 Å². The Labute approximate surface area is 113 Å². The molecule has 0 radical (unpaired) electrons. The minimum absolute atomic E-state index is 0.580. The summed E-state index contributed by atoms with van der Waals surface area (Å²) in [5.74, 6) is 0.974. The molecule has 1 aromatic heterocycles. The molecular formula is C12H23N3S2. The average Bonchev–Trinajstić information content (AvgIpc) is 2.73. The molecule has 0 aromatic carbocycles. The first kappa shape index (κ1) is 14.9. The molecule has 1 aromatic rings. The molecule has 17 heavy (non-hydrogen) atoms. The molecule has 0 fully saturated rings. The number of aryl methyl sites for hydroxylation is 1. The van der Waals surface area contributed by atoms with Crippen LogP contribution in [0.3, 0.4) is 0 Å². The van der Waals surface area contributed by atoms with Gasteiger partial charge in [0.2, 0.25) is 0 Å². The van der Waals surface area contributed by atoms with Crippen LogP contribution < -0.4 is 5.32 Å². The molecule has 0 aliphatic carbocycles. The monoisotopic (exact) mass is 273 g/mol. The van der Waals surface area contributed by atoms with Crippen molar-refractivity contribution in [3.8, 4) is 0 Å². The van der Waals surface area contributed by atoms with Gasteiger partial charge in [0, 0.05) is 17.7 Å². The Bertz CT molecular complexity index is 314. The first-order valence-corrected chi connectivity index (χ1v) is 8.03. The summed E-state index contributed by atoms with van der Waals surface area (Å²) in [4.78, 5) is 4.49. The van der Waals surface area contributed by atoms with Crippen molar-refractivity contribution in [1.29, 1.82) is 0 Å². The summed E-state index contributed by atoms with van der Waals surface area (Å²) in [6.45, 7) is 9.92. The van der Waals surface area contributed by atoms with Crippen LogP contribution in [0.15, 0.2) is 4.34 Å². The second-order valence-corrected chi connectivity index (χ2v) is 6.79. The molecule has 0 aliphatic heterocycles. The molecule has 0 amide bonds. The fraction of sp³-hybridized carbons (Fsp3) is 0.833. The minimum atomic E-state index is 0.580. The van der Waals surface area contributed by atoms with E-state index in [1.807, 2.05) is 11.8 Å². The largest absolute Gasteiger partial charge is 0.314 e. The molecule has 0 spiro atoms. The van der Waals surface area contributed by atoms with Crippen molar-refractivity contribution in [1.82, 2.24) is 14.7 Å². The van der Waals surface area contributed by atoms with Gasteiger partial charge in [0.15, 0.2) is 4.34 Å². The fourth-order valence-corrected chi connectivity index (χ4v) is 3.79. The number of hydrogen-bond donors (Lipinski definition) is 1. The highest BCUT2D eigenvalue weighted by atomic mass is 32.2. The third-order valence-corrected chi connectivity index (χ3v) is 4.45. The van der Waals surface area contributed by atoms with E-state index in [0.29, 0.717) is 11.3 Å². The molecule has 0 aliphatic rings. The predicted octanol–water partition coefficient (Wildman–Crippen LogP) is 3.36. The van der Waals surface area contributed by atoms with Gasteiger partial charge in [0.25, 0.3) is 0 Å². The molecule has 0 saturated heterocycles. The summed E-state index contributed by atoms with van der Waals surface area (Å²) in [6.07, 6.45) is 3.30. The standard InChI is InChI=1S/C12H23N3S2/c1-5-7-13-9(3)8-10(4)16-12-14-11(6-2)15-17-12/h9-10,13H,5-8H2,1-4H3. The van der Waals surface area contributed by atoms with Crippen molar-refractivity contribution in [2.75, 3.05) is 6.54 Å². The zero-order valence-electron chi connectivity index (χ0n) is 11.2. The Kier molecular flexibility index (Phi) is 7.08. The lowest BCUT2D eigenvalue weighted by Gasteiger charge is -2.16. The lowest BCUT2D eigenvalue weighted by atomic mass is 10.2. The van der Waals surface area contributed by atoms with Gasteiger partial charge in [-0.05, 0) is 37.8 Å². The van der Waals surface area contributed by atoms with Crippen molar-refractivity contribution >= 4 is 23.3 Å². The molecule has 1 heterocycles. The minimum Gasteiger partial charge on any atom is -0.314 e. The Morgan fingerprint density at radius 3 is 2.71 bits per heavy atom. The maximum atomic E-state index is 4.49. The van der Waals surface area contributed by atoms with Crippen LogP contribution in [0.25, 0.3) is 0 Å². The average molecular weight is 273 g/mol. The van der Waals surface area contributed by atoms with Gasteiger partial charge < -0.3 is 5.32 Å². The van der Waals surface area contributed by atoms with Gasteiger partial charge in [0.1, 0.15) is 5.82 Å². The number of aromatic nitrogens is 2. The van der Waals surface area contributed by atoms with Gasteiger partial charge in [-0.15, -0.1) is 0 Å². The molecule has 2 unspecified atom stereocenters. The zero-order chi connectivity index (χ0) is 12.7. The summed E-state index contributed by atoms with van der Waals surface area (Å²) in [5.41, 5.74) is 0. The van der Waals surface area contributed by atoms with Crippen LogP contribution in [0.1, 0.15) is 46.4 Å². The predicted molar refractivity (Wildman–Crippen MR) is 77.0 cm³/mol. The van der Waals surface area contributed by atoms with Gasteiger partial charge in [-0.3, -0.25) is 0 Å². The highest BCUT2D eigenvalue weighted by Gasteiger charge is 2.12. The third-order valence-electron chi connectivity index (χ3n) is 2.50. The highest BCUT2D eigenvalue weighted by molar-refractivity contribution is 8.01. The van der Waals surface area contributed by atoms with Gasteiger partial charge in [-0.2, -0.15) is 4.37 Å². The molecule has 98 valence electrons. The van der Waals surface area contributed by atoms with E-state index < -0.39 is 0 Å². The van der Waals surface area contributed by atoms with E-state index in [2.05, 4.69) is 42.4 Å². The van der Waals surface area contributed by atoms with E-state index in [-0.39, 0.29) is 0 Å². The van der Waals surface area contributed by atoms with E-state index in [4.69, 9.17) is 0 Å². The highest BCUT2D eigenvalue weighted by Crippen LogP contribution is 2.27.